The summed E-state index contributed by atoms with van der Waals surface area (Å²) in [6.45, 7) is 3.58. The Morgan fingerprint density at radius 1 is 1.21 bits per heavy atom. The van der Waals surface area contributed by atoms with Crippen LogP contribution in [0.2, 0.25) is 0 Å². The molecule has 142 valence electrons. The van der Waals surface area contributed by atoms with Crippen molar-refractivity contribution in [2.75, 3.05) is 4.90 Å². The largest absolute Gasteiger partial charge is 0.375 e. The average Bonchev–Trinajstić information content (AvgIpc) is 2.95. The van der Waals surface area contributed by atoms with E-state index in [-0.39, 0.29) is 16.8 Å². The minimum absolute atomic E-state index is 0.0888. The van der Waals surface area contributed by atoms with Gasteiger partial charge in [0.2, 0.25) is 0 Å². The van der Waals surface area contributed by atoms with Crippen LogP contribution in [0, 0.1) is 5.82 Å². The molecule has 1 aliphatic heterocycles. The Morgan fingerprint density at radius 2 is 1.86 bits per heavy atom. The third-order valence-corrected chi connectivity index (χ3v) is 4.17. The van der Waals surface area contributed by atoms with E-state index in [1.807, 2.05) is 31.2 Å². The van der Waals surface area contributed by atoms with Crippen LogP contribution in [0.3, 0.4) is 0 Å². The smallest absolute Gasteiger partial charge is 0.282 e. The average molecular weight is 395 g/mol. The van der Waals surface area contributed by atoms with Crippen molar-refractivity contribution in [1.82, 2.24) is 5.43 Å². The predicted molar refractivity (Wildman–Crippen MR) is 114 cm³/mol. The van der Waals surface area contributed by atoms with Gasteiger partial charge in [0.15, 0.2) is 5.11 Å². The van der Waals surface area contributed by atoms with E-state index in [1.165, 1.54) is 17.0 Å². The van der Waals surface area contributed by atoms with Gasteiger partial charge in [0.1, 0.15) is 17.3 Å². The lowest BCUT2D eigenvalue weighted by atomic mass is 10.1. The summed E-state index contributed by atoms with van der Waals surface area (Å²) in [4.78, 5) is 18.7. The van der Waals surface area contributed by atoms with Gasteiger partial charge in [-0.25, -0.2) is 9.38 Å². The number of carbonyl (C=O) groups excluding carboxylic acids is 1. The number of benzene rings is 2. The number of hydrogen-bond donors (Lipinski definition) is 2. The summed E-state index contributed by atoms with van der Waals surface area (Å²) in [6.07, 6.45) is 1.64. The highest BCUT2D eigenvalue weighted by atomic mass is 32.1. The van der Waals surface area contributed by atoms with Gasteiger partial charge in [-0.2, -0.15) is 5.10 Å². The number of halogens is 1. The maximum atomic E-state index is 13.1. The lowest BCUT2D eigenvalue weighted by molar-refractivity contribution is -0.113. The molecule has 0 aromatic heterocycles. The van der Waals surface area contributed by atoms with Gasteiger partial charge in [-0.3, -0.25) is 15.1 Å². The third kappa shape index (κ3) is 4.29. The van der Waals surface area contributed by atoms with Gasteiger partial charge in [-0.1, -0.05) is 24.3 Å². The molecular weight excluding hydrogens is 377 g/mol. The van der Waals surface area contributed by atoms with E-state index in [0.29, 0.717) is 28.5 Å². The molecule has 0 saturated carbocycles. The maximum Gasteiger partial charge on any atom is 0.282 e. The van der Waals surface area contributed by atoms with Gasteiger partial charge in [0.05, 0.1) is 11.4 Å². The normalized spacial score (nSPS) is 15.8. The molecule has 1 amide bonds. The fourth-order valence-electron chi connectivity index (χ4n) is 2.70. The van der Waals surface area contributed by atoms with Crippen molar-refractivity contribution >= 4 is 46.5 Å². The summed E-state index contributed by atoms with van der Waals surface area (Å²) in [5.41, 5.74) is 11.2. The second-order valence-corrected chi connectivity index (χ2v) is 6.54. The molecule has 0 aliphatic carbocycles. The van der Waals surface area contributed by atoms with Crippen molar-refractivity contribution in [2.45, 2.75) is 13.8 Å². The highest BCUT2D eigenvalue weighted by molar-refractivity contribution is 7.80. The number of rotatable bonds is 4. The van der Waals surface area contributed by atoms with E-state index in [9.17, 15) is 9.18 Å². The van der Waals surface area contributed by atoms with E-state index >= 15 is 0 Å². The van der Waals surface area contributed by atoms with Gasteiger partial charge < -0.3 is 5.73 Å². The minimum Gasteiger partial charge on any atom is -0.375 e. The van der Waals surface area contributed by atoms with Gasteiger partial charge in [0.25, 0.3) is 5.91 Å². The van der Waals surface area contributed by atoms with Crippen LogP contribution < -0.4 is 16.1 Å². The molecule has 8 heteroatoms. The molecule has 1 aliphatic rings. The van der Waals surface area contributed by atoms with Crippen molar-refractivity contribution in [2.24, 2.45) is 15.8 Å². The number of hydrazone groups is 1. The van der Waals surface area contributed by atoms with Crippen molar-refractivity contribution in [3.05, 3.63) is 71.2 Å². The first kappa shape index (κ1) is 19.4. The number of nitrogens with zero attached hydrogens (tertiary/aromatic N) is 3. The molecule has 0 saturated heterocycles. The first-order valence-corrected chi connectivity index (χ1v) is 8.83. The number of aliphatic imine (C=N–C) groups is 1. The zero-order chi connectivity index (χ0) is 20.3. The molecule has 0 fully saturated rings. The van der Waals surface area contributed by atoms with Crippen LogP contribution in [-0.4, -0.2) is 22.6 Å². The highest BCUT2D eigenvalue weighted by Gasteiger charge is 2.28. The van der Waals surface area contributed by atoms with Crippen LogP contribution in [0.5, 0.6) is 0 Å². The first-order chi connectivity index (χ1) is 13.3. The number of nitrogens with one attached hydrogen (secondary N) is 1. The molecule has 3 rings (SSSR count). The molecule has 0 bridgehead atoms. The Morgan fingerprint density at radius 3 is 2.46 bits per heavy atom. The number of thiocarbonyl (C=S) groups is 1. The molecule has 3 N–H and O–H groups in total. The number of carbonyl (C=O) groups is 1. The van der Waals surface area contributed by atoms with Crippen LogP contribution in [0.15, 0.2) is 64.3 Å². The molecule has 0 spiro atoms. The molecule has 28 heavy (non-hydrogen) atoms. The minimum atomic E-state index is -0.330. The number of hydrogen-bond acceptors (Lipinski definition) is 4. The molecule has 0 radical (unpaired) electrons. The lowest BCUT2D eigenvalue weighted by Gasteiger charge is -2.16. The maximum absolute atomic E-state index is 13.1. The van der Waals surface area contributed by atoms with Crippen LogP contribution in [0.4, 0.5) is 10.1 Å². The lowest BCUT2D eigenvalue weighted by Crippen LogP contribution is -2.30. The highest BCUT2D eigenvalue weighted by Crippen LogP contribution is 2.25. The molecule has 2 aromatic carbocycles. The van der Waals surface area contributed by atoms with Crippen molar-refractivity contribution in [1.29, 1.82) is 0 Å². The monoisotopic (exact) mass is 395 g/mol. The Hall–Kier alpha value is -3.39. The summed E-state index contributed by atoms with van der Waals surface area (Å²) < 4.78 is 13.1. The van der Waals surface area contributed by atoms with E-state index in [2.05, 4.69) is 15.5 Å². The number of nitrogens with two attached hydrogens (primary N) is 1. The Labute approximate surface area is 167 Å². The van der Waals surface area contributed by atoms with E-state index in [0.717, 1.165) is 5.56 Å². The fraction of sp³-hybridized carbons (Fsp3) is 0.100. The molecular formula is C20H18FN5OS. The number of amides is 1. The van der Waals surface area contributed by atoms with Crippen LogP contribution >= 0.6 is 12.2 Å². The fourth-order valence-corrected chi connectivity index (χ4v) is 2.75. The SMILES string of the molecule is CC1=N/C(=C/c2ccc(F)cc2)C(=O)N1c1ccc(/C(C)=N/NC(N)=S)cc1. The van der Waals surface area contributed by atoms with Crippen LogP contribution in [0.1, 0.15) is 25.0 Å². The zero-order valence-electron chi connectivity index (χ0n) is 15.3. The number of amidine groups is 1. The predicted octanol–water partition coefficient (Wildman–Crippen LogP) is 3.19. The van der Waals surface area contributed by atoms with Crippen LogP contribution in [0.25, 0.3) is 6.08 Å². The van der Waals surface area contributed by atoms with Crippen molar-refractivity contribution in [3.8, 4) is 0 Å². The summed E-state index contributed by atoms with van der Waals surface area (Å²) in [6, 6.07) is 13.2. The summed E-state index contributed by atoms with van der Waals surface area (Å²) >= 11 is 4.73. The van der Waals surface area contributed by atoms with Gasteiger partial charge >= 0.3 is 0 Å². The standard InChI is InChI=1S/C20H18FN5OS/c1-12(24-25-20(22)28)15-5-9-17(10-6-15)26-13(2)23-18(19(26)27)11-14-3-7-16(21)8-4-14/h3-11H,1-2H3,(H3,22,25,28)/b18-11+,24-12+. The summed E-state index contributed by atoms with van der Waals surface area (Å²) in [5, 5.41) is 4.17. The first-order valence-electron chi connectivity index (χ1n) is 8.42. The quantitative estimate of drug-likeness (QED) is 0.360. The molecule has 1 heterocycles. The van der Waals surface area contributed by atoms with Gasteiger partial charge in [0, 0.05) is 0 Å². The second kappa shape index (κ2) is 8.10. The Balaban J connectivity index is 1.82. The zero-order valence-corrected chi connectivity index (χ0v) is 16.1. The van der Waals surface area contributed by atoms with Gasteiger partial charge in [-0.15, -0.1) is 0 Å². The van der Waals surface area contributed by atoms with E-state index in [4.69, 9.17) is 18.0 Å². The van der Waals surface area contributed by atoms with E-state index in [1.54, 1.807) is 25.1 Å². The Kier molecular flexibility index (Phi) is 5.60. The van der Waals surface area contributed by atoms with Crippen LogP contribution in [-0.2, 0) is 4.79 Å². The summed E-state index contributed by atoms with van der Waals surface area (Å²) in [7, 11) is 0. The Bertz CT molecular complexity index is 1010. The number of anilines is 1. The molecule has 2 aromatic rings. The molecule has 6 nitrogen and oxygen atoms in total. The molecule has 0 atom stereocenters. The van der Waals surface area contributed by atoms with Crippen molar-refractivity contribution < 1.29 is 9.18 Å². The topological polar surface area (TPSA) is 83.1 Å². The van der Waals surface area contributed by atoms with Crippen molar-refractivity contribution in [3.63, 3.8) is 0 Å². The van der Waals surface area contributed by atoms with E-state index < -0.39 is 0 Å². The molecule has 0 unspecified atom stereocenters. The second-order valence-electron chi connectivity index (χ2n) is 6.10. The summed E-state index contributed by atoms with van der Waals surface area (Å²) in [5.74, 6) is -0.00891. The van der Waals surface area contributed by atoms with Gasteiger partial charge in [-0.05, 0) is 67.5 Å². The third-order valence-electron chi connectivity index (χ3n) is 4.08.